The highest BCUT2D eigenvalue weighted by Gasteiger charge is 2.23. The molecule has 7 heteroatoms. The molecule has 0 atom stereocenters. The van der Waals surface area contributed by atoms with Gasteiger partial charge in [0.15, 0.2) is 0 Å². The molecule has 1 saturated heterocycles. The van der Waals surface area contributed by atoms with E-state index in [-0.39, 0.29) is 11.7 Å². The normalized spacial score (nSPS) is 14.5. The average molecular weight is 450 g/mol. The van der Waals surface area contributed by atoms with Crippen LogP contribution in [0.1, 0.15) is 5.56 Å². The first-order chi connectivity index (χ1) is 13.5. The Labute approximate surface area is 173 Å². The van der Waals surface area contributed by atoms with Crippen molar-refractivity contribution in [3.63, 3.8) is 0 Å². The number of hydrogen-bond donors (Lipinski definition) is 0. The van der Waals surface area contributed by atoms with E-state index in [1.54, 1.807) is 19.2 Å². The van der Waals surface area contributed by atoms with Gasteiger partial charge in [0.25, 0.3) is 0 Å². The lowest BCUT2D eigenvalue weighted by Crippen LogP contribution is -2.51. The number of carbonyl (C=O) groups is 1. The Morgan fingerprint density at radius 2 is 1.89 bits per heavy atom. The lowest BCUT2D eigenvalue weighted by Gasteiger charge is -2.36. The summed E-state index contributed by atoms with van der Waals surface area (Å²) in [5.74, 6) is 0.677. The van der Waals surface area contributed by atoms with Gasteiger partial charge in [0.05, 0.1) is 19.3 Å². The van der Waals surface area contributed by atoms with Crippen LogP contribution in [0.3, 0.4) is 0 Å². The quantitative estimate of drug-likeness (QED) is 0.677. The summed E-state index contributed by atoms with van der Waals surface area (Å²) >= 11 is 3.48. The number of piperazine rings is 1. The SMILES string of the molecule is COc1ccc(Br)cc1CN(C)CC(=O)N1CCN(c2ccccc2F)CC1. The molecule has 1 heterocycles. The first-order valence-electron chi connectivity index (χ1n) is 9.26. The third-order valence-electron chi connectivity index (χ3n) is 4.91. The Balaban J connectivity index is 1.53. The third-order valence-corrected chi connectivity index (χ3v) is 5.41. The zero-order chi connectivity index (χ0) is 20.1. The molecular weight excluding hydrogens is 425 g/mol. The summed E-state index contributed by atoms with van der Waals surface area (Å²) in [5, 5.41) is 0. The van der Waals surface area contributed by atoms with Crippen molar-refractivity contribution in [1.29, 1.82) is 0 Å². The van der Waals surface area contributed by atoms with Crippen molar-refractivity contribution in [3.05, 3.63) is 58.3 Å². The molecule has 1 aliphatic rings. The number of halogens is 2. The Morgan fingerprint density at radius 3 is 2.57 bits per heavy atom. The van der Waals surface area contributed by atoms with E-state index in [9.17, 15) is 9.18 Å². The van der Waals surface area contributed by atoms with Gasteiger partial charge in [0.2, 0.25) is 5.91 Å². The smallest absolute Gasteiger partial charge is 0.236 e. The number of methoxy groups -OCH3 is 1. The van der Waals surface area contributed by atoms with Gasteiger partial charge in [0.1, 0.15) is 11.6 Å². The zero-order valence-corrected chi connectivity index (χ0v) is 17.8. The highest BCUT2D eigenvalue weighted by molar-refractivity contribution is 9.10. The molecule has 0 aliphatic carbocycles. The lowest BCUT2D eigenvalue weighted by molar-refractivity contribution is -0.132. The van der Waals surface area contributed by atoms with Gasteiger partial charge in [-0.1, -0.05) is 28.1 Å². The predicted molar refractivity (Wildman–Crippen MR) is 112 cm³/mol. The second-order valence-corrected chi connectivity index (χ2v) is 7.86. The minimum absolute atomic E-state index is 0.0876. The second kappa shape index (κ2) is 9.39. The Kier molecular flexibility index (Phi) is 6.91. The molecule has 3 rings (SSSR count). The molecule has 1 fully saturated rings. The van der Waals surface area contributed by atoms with E-state index in [1.807, 2.05) is 46.0 Å². The zero-order valence-electron chi connectivity index (χ0n) is 16.2. The van der Waals surface area contributed by atoms with Crippen molar-refractivity contribution < 1.29 is 13.9 Å². The van der Waals surface area contributed by atoms with Crippen LogP contribution in [-0.2, 0) is 11.3 Å². The number of hydrogen-bond acceptors (Lipinski definition) is 4. The molecule has 0 spiro atoms. The molecule has 0 saturated carbocycles. The molecular formula is C21H25BrFN3O2. The van der Waals surface area contributed by atoms with E-state index in [2.05, 4.69) is 15.9 Å². The molecule has 1 amide bonds. The topological polar surface area (TPSA) is 36.0 Å². The summed E-state index contributed by atoms with van der Waals surface area (Å²) in [6.07, 6.45) is 0. The molecule has 0 radical (unpaired) electrons. The van der Waals surface area contributed by atoms with Crippen molar-refractivity contribution in [2.24, 2.45) is 0 Å². The number of rotatable bonds is 6. The Morgan fingerprint density at radius 1 is 1.18 bits per heavy atom. The summed E-state index contributed by atoms with van der Waals surface area (Å²) in [7, 11) is 3.57. The maximum atomic E-state index is 14.0. The van der Waals surface area contributed by atoms with Crippen LogP contribution in [0.25, 0.3) is 0 Å². The van der Waals surface area contributed by atoms with Crippen LogP contribution >= 0.6 is 15.9 Å². The molecule has 0 aromatic heterocycles. The minimum atomic E-state index is -0.218. The number of likely N-dealkylation sites (N-methyl/N-ethyl adjacent to an activating group) is 1. The molecule has 0 N–H and O–H groups in total. The summed E-state index contributed by atoms with van der Waals surface area (Å²) in [4.78, 5) is 18.5. The number of anilines is 1. The van der Waals surface area contributed by atoms with Gasteiger partial charge >= 0.3 is 0 Å². The summed E-state index contributed by atoms with van der Waals surface area (Å²) in [5.41, 5.74) is 1.63. The monoisotopic (exact) mass is 449 g/mol. The molecule has 0 unspecified atom stereocenters. The van der Waals surface area contributed by atoms with Crippen molar-refractivity contribution >= 4 is 27.5 Å². The first-order valence-corrected chi connectivity index (χ1v) is 10.1. The molecule has 2 aromatic rings. The Hall–Kier alpha value is -2.12. The first kappa shape index (κ1) is 20.6. The van der Waals surface area contributed by atoms with E-state index in [4.69, 9.17) is 4.74 Å². The second-order valence-electron chi connectivity index (χ2n) is 6.95. The summed E-state index contributed by atoms with van der Waals surface area (Å²) < 4.78 is 20.3. The van der Waals surface area contributed by atoms with Crippen LogP contribution in [0.5, 0.6) is 5.75 Å². The Bertz CT molecular complexity index is 825. The fourth-order valence-corrected chi connectivity index (χ4v) is 3.86. The van der Waals surface area contributed by atoms with Crippen LogP contribution < -0.4 is 9.64 Å². The van der Waals surface area contributed by atoms with E-state index in [0.717, 1.165) is 15.8 Å². The molecule has 5 nitrogen and oxygen atoms in total. The number of ether oxygens (including phenoxy) is 1. The largest absolute Gasteiger partial charge is 0.496 e. The maximum Gasteiger partial charge on any atom is 0.236 e. The molecule has 150 valence electrons. The third kappa shape index (κ3) is 5.02. The number of benzene rings is 2. The summed E-state index contributed by atoms with van der Waals surface area (Å²) in [6.45, 7) is 3.41. The molecule has 28 heavy (non-hydrogen) atoms. The highest BCUT2D eigenvalue weighted by Crippen LogP contribution is 2.24. The van der Waals surface area contributed by atoms with Crippen LogP contribution in [0.4, 0.5) is 10.1 Å². The van der Waals surface area contributed by atoms with Gasteiger partial charge in [0, 0.05) is 42.8 Å². The standard InChI is InChI=1S/C21H25BrFN3O2/c1-24(14-16-13-17(22)7-8-20(16)28-2)15-21(27)26-11-9-25(10-12-26)19-6-4-3-5-18(19)23/h3-8,13H,9-12,14-15H2,1-2H3. The van der Waals surface area contributed by atoms with Gasteiger partial charge in [-0.3, -0.25) is 9.69 Å². The fraction of sp³-hybridized carbons (Fsp3) is 0.381. The van der Waals surface area contributed by atoms with Gasteiger partial charge in [-0.25, -0.2) is 4.39 Å². The lowest BCUT2D eigenvalue weighted by atomic mass is 10.2. The number of carbonyl (C=O) groups excluding carboxylic acids is 1. The van der Waals surface area contributed by atoms with E-state index in [1.165, 1.54) is 6.07 Å². The number of nitrogens with zero attached hydrogens (tertiary/aromatic N) is 3. The van der Waals surface area contributed by atoms with Crippen LogP contribution in [0.2, 0.25) is 0 Å². The van der Waals surface area contributed by atoms with Crippen LogP contribution in [-0.4, -0.2) is 62.6 Å². The van der Waals surface area contributed by atoms with Crippen molar-refractivity contribution in [2.75, 3.05) is 51.8 Å². The summed E-state index contributed by atoms with van der Waals surface area (Å²) in [6, 6.07) is 12.6. The number of amides is 1. The van der Waals surface area contributed by atoms with Gasteiger partial charge in [-0.2, -0.15) is 0 Å². The highest BCUT2D eigenvalue weighted by atomic mass is 79.9. The maximum absolute atomic E-state index is 14.0. The van der Waals surface area contributed by atoms with Gasteiger partial charge < -0.3 is 14.5 Å². The van der Waals surface area contributed by atoms with Crippen molar-refractivity contribution in [3.8, 4) is 5.75 Å². The number of para-hydroxylation sites is 1. The van der Waals surface area contributed by atoms with E-state index >= 15 is 0 Å². The van der Waals surface area contributed by atoms with Gasteiger partial charge in [-0.05, 0) is 37.4 Å². The van der Waals surface area contributed by atoms with Gasteiger partial charge in [-0.15, -0.1) is 0 Å². The molecule has 1 aliphatic heterocycles. The van der Waals surface area contributed by atoms with Crippen molar-refractivity contribution in [2.45, 2.75) is 6.54 Å². The average Bonchev–Trinajstić information content (AvgIpc) is 2.68. The predicted octanol–water partition coefficient (Wildman–Crippen LogP) is 3.38. The van der Waals surface area contributed by atoms with Crippen molar-refractivity contribution in [1.82, 2.24) is 9.80 Å². The minimum Gasteiger partial charge on any atom is -0.496 e. The van der Waals surface area contributed by atoms with Crippen LogP contribution in [0.15, 0.2) is 46.9 Å². The molecule has 0 bridgehead atoms. The molecule has 2 aromatic carbocycles. The van der Waals surface area contributed by atoms with Crippen LogP contribution in [0, 0.1) is 5.82 Å². The fourth-order valence-electron chi connectivity index (χ4n) is 3.45. The van der Waals surface area contributed by atoms with E-state index < -0.39 is 0 Å². The van der Waals surface area contributed by atoms with E-state index in [0.29, 0.717) is 45.0 Å².